The van der Waals surface area contributed by atoms with E-state index in [1.807, 2.05) is 99.6 Å². The third-order valence-electron chi connectivity index (χ3n) is 5.56. The van der Waals surface area contributed by atoms with Crippen molar-refractivity contribution in [2.75, 3.05) is 6.61 Å². The highest BCUT2D eigenvalue weighted by molar-refractivity contribution is 6.30. The first-order valence-corrected chi connectivity index (χ1v) is 12.7. The third-order valence-corrected chi connectivity index (χ3v) is 5.79. The highest BCUT2D eigenvalue weighted by Gasteiger charge is 2.32. The molecule has 0 bridgehead atoms. The van der Waals surface area contributed by atoms with Crippen LogP contribution in [0.5, 0.6) is 5.75 Å². The minimum atomic E-state index is -0.673. The molecule has 0 aromatic heterocycles. The van der Waals surface area contributed by atoms with Crippen LogP contribution in [0.1, 0.15) is 44.7 Å². The topological polar surface area (TPSA) is 58.6 Å². The first kappa shape index (κ1) is 27.3. The number of carbonyl (C=O) groups excluding carboxylic acids is 2. The fourth-order valence-corrected chi connectivity index (χ4v) is 4.13. The molecule has 0 saturated carbocycles. The van der Waals surface area contributed by atoms with E-state index < -0.39 is 11.6 Å². The number of rotatable bonds is 11. The van der Waals surface area contributed by atoms with E-state index in [9.17, 15) is 9.59 Å². The monoisotopic (exact) mass is 506 g/mol. The number of para-hydroxylation sites is 1. The number of hydrogen-bond acceptors (Lipinski definition) is 3. The van der Waals surface area contributed by atoms with Gasteiger partial charge in [-0.1, -0.05) is 72.3 Å². The number of carbonyl (C=O) groups is 2. The van der Waals surface area contributed by atoms with Gasteiger partial charge in [0.2, 0.25) is 11.8 Å². The molecule has 6 heteroatoms. The van der Waals surface area contributed by atoms with Gasteiger partial charge in [0.1, 0.15) is 11.8 Å². The molecule has 0 radical (unpaired) electrons. The van der Waals surface area contributed by atoms with Crippen molar-refractivity contribution in [2.24, 2.45) is 0 Å². The van der Waals surface area contributed by atoms with Gasteiger partial charge in [-0.2, -0.15) is 0 Å². The Kier molecular flexibility index (Phi) is 9.95. The highest BCUT2D eigenvalue weighted by atomic mass is 35.5. The van der Waals surface area contributed by atoms with Crippen molar-refractivity contribution in [1.82, 2.24) is 10.2 Å². The van der Waals surface area contributed by atoms with Gasteiger partial charge in [-0.25, -0.2) is 0 Å². The van der Waals surface area contributed by atoms with E-state index in [0.29, 0.717) is 24.5 Å². The summed E-state index contributed by atoms with van der Waals surface area (Å²) >= 11 is 6.23. The van der Waals surface area contributed by atoms with E-state index in [1.165, 1.54) is 0 Å². The van der Waals surface area contributed by atoms with E-state index in [2.05, 4.69) is 5.32 Å². The molecule has 0 fully saturated rings. The number of amides is 2. The number of hydrogen-bond donors (Lipinski definition) is 1. The molecule has 0 saturated heterocycles. The van der Waals surface area contributed by atoms with Crippen molar-refractivity contribution in [2.45, 2.75) is 58.2 Å². The average molecular weight is 507 g/mol. The van der Waals surface area contributed by atoms with Crippen LogP contribution >= 0.6 is 11.6 Å². The van der Waals surface area contributed by atoms with Gasteiger partial charge < -0.3 is 15.0 Å². The lowest BCUT2D eigenvalue weighted by molar-refractivity contribution is -0.142. The van der Waals surface area contributed by atoms with Crippen LogP contribution < -0.4 is 10.1 Å². The Labute approximate surface area is 219 Å². The van der Waals surface area contributed by atoms with Crippen LogP contribution in [0.2, 0.25) is 5.02 Å². The second kappa shape index (κ2) is 13.1. The third kappa shape index (κ3) is 9.04. The van der Waals surface area contributed by atoms with Gasteiger partial charge in [-0.3, -0.25) is 9.59 Å². The average Bonchev–Trinajstić information content (AvgIpc) is 2.84. The van der Waals surface area contributed by atoms with Gasteiger partial charge in [0.05, 0.1) is 6.61 Å². The summed E-state index contributed by atoms with van der Waals surface area (Å²) in [6, 6.07) is 26.1. The highest BCUT2D eigenvalue weighted by Crippen LogP contribution is 2.19. The van der Waals surface area contributed by atoms with Gasteiger partial charge in [0, 0.05) is 29.9 Å². The number of halogens is 1. The molecule has 0 aliphatic rings. The first-order chi connectivity index (χ1) is 17.2. The van der Waals surface area contributed by atoms with Crippen LogP contribution in [0.15, 0.2) is 84.9 Å². The summed E-state index contributed by atoms with van der Waals surface area (Å²) in [4.78, 5) is 28.8. The number of nitrogens with zero attached hydrogens (tertiary/aromatic N) is 1. The molecule has 5 nitrogen and oxygen atoms in total. The first-order valence-electron chi connectivity index (χ1n) is 12.3. The van der Waals surface area contributed by atoms with Crippen LogP contribution in [0.25, 0.3) is 0 Å². The number of nitrogens with one attached hydrogen (secondary N) is 1. The Bertz CT molecular complexity index is 1110. The van der Waals surface area contributed by atoms with Crippen LogP contribution in [0.3, 0.4) is 0 Å². The number of benzene rings is 3. The predicted octanol–water partition coefficient (Wildman–Crippen LogP) is 6.05. The van der Waals surface area contributed by atoms with E-state index in [0.717, 1.165) is 16.9 Å². The summed E-state index contributed by atoms with van der Waals surface area (Å²) in [5.41, 5.74) is 1.43. The molecule has 1 atom stereocenters. The minimum absolute atomic E-state index is 0.100. The Hall–Kier alpha value is -3.31. The molecule has 0 unspecified atom stereocenters. The maximum Gasteiger partial charge on any atom is 0.243 e. The van der Waals surface area contributed by atoms with E-state index in [-0.39, 0.29) is 24.8 Å². The summed E-state index contributed by atoms with van der Waals surface area (Å²) in [6.07, 6.45) is 1.22. The van der Waals surface area contributed by atoms with Gasteiger partial charge >= 0.3 is 0 Å². The SMILES string of the molecule is CC(C)(C)NC(=O)[C@@H](Cc1ccccc1)N(Cc1cccc(Cl)c1)C(=O)CCCOc1ccccc1. The Morgan fingerprint density at radius 2 is 1.56 bits per heavy atom. The lowest BCUT2D eigenvalue weighted by Crippen LogP contribution is -2.54. The zero-order valence-corrected chi connectivity index (χ0v) is 22.0. The van der Waals surface area contributed by atoms with Crippen molar-refractivity contribution in [3.8, 4) is 5.75 Å². The molecule has 0 heterocycles. The van der Waals surface area contributed by atoms with Gasteiger partial charge in [-0.05, 0) is 62.6 Å². The molecule has 36 heavy (non-hydrogen) atoms. The van der Waals surface area contributed by atoms with Gasteiger partial charge in [0.15, 0.2) is 0 Å². The summed E-state index contributed by atoms with van der Waals surface area (Å²) in [5, 5.41) is 3.67. The van der Waals surface area contributed by atoms with Crippen LogP contribution in [-0.4, -0.2) is 34.9 Å². The summed E-state index contributed by atoms with van der Waals surface area (Å²) in [6.45, 7) is 6.52. The molecule has 3 aromatic carbocycles. The molecule has 0 spiro atoms. The quantitative estimate of drug-likeness (QED) is 0.322. The van der Waals surface area contributed by atoms with Crippen LogP contribution in [0, 0.1) is 0 Å². The molecule has 0 aliphatic carbocycles. The zero-order valence-electron chi connectivity index (χ0n) is 21.2. The number of ether oxygens (including phenoxy) is 1. The van der Waals surface area contributed by atoms with Crippen molar-refractivity contribution in [3.63, 3.8) is 0 Å². The summed E-state index contributed by atoms with van der Waals surface area (Å²) in [5.74, 6) is 0.492. The Morgan fingerprint density at radius 1 is 0.917 bits per heavy atom. The lowest BCUT2D eigenvalue weighted by atomic mass is 10.00. The molecule has 3 rings (SSSR count). The lowest BCUT2D eigenvalue weighted by Gasteiger charge is -2.34. The maximum absolute atomic E-state index is 13.6. The second-order valence-corrected chi connectivity index (χ2v) is 10.3. The van der Waals surface area contributed by atoms with Crippen molar-refractivity contribution < 1.29 is 14.3 Å². The van der Waals surface area contributed by atoms with Crippen LogP contribution in [-0.2, 0) is 22.6 Å². The molecular formula is C30H35ClN2O3. The van der Waals surface area contributed by atoms with E-state index >= 15 is 0 Å². The molecular weight excluding hydrogens is 472 g/mol. The van der Waals surface area contributed by atoms with Gasteiger partial charge in [-0.15, -0.1) is 0 Å². The van der Waals surface area contributed by atoms with Gasteiger partial charge in [0.25, 0.3) is 0 Å². The Balaban J connectivity index is 1.82. The fraction of sp³-hybridized carbons (Fsp3) is 0.333. The molecule has 190 valence electrons. The zero-order chi connectivity index (χ0) is 26.0. The van der Waals surface area contributed by atoms with Crippen molar-refractivity contribution in [3.05, 3.63) is 101 Å². The molecule has 0 aliphatic heterocycles. The van der Waals surface area contributed by atoms with E-state index in [4.69, 9.17) is 16.3 Å². The van der Waals surface area contributed by atoms with Crippen molar-refractivity contribution in [1.29, 1.82) is 0 Å². The Morgan fingerprint density at radius 3 is 2.19 bits per heavy atom. The second-order valence-electron chi connectivity index (χ2n) is 9.86. The van der Waals surface area contributed by atoms with Crippen molar-refractivity contribution >= 4 is 23.4 Å². The maximum atomic E-state index is 13.6. The molecule has 2 amide bonds. The van der Waals surface area contributed by atoms with Crippen LogP contribution in [0.4, 0.5) is 0 Å². The predicted molar refractivity (Wildman–Crippen MR) is 145 cm³/mol. The minimum Gasteiger partial charge on any atom is -0.494 e. The van der Waals surface area contributed by atoms with E-state index in [1.54, 1.807) is 11.0 Å². The molecule has 1 N–H and O–H groups in total. The smallest absolute Gasteiger partial charge is 0.243 e. The normalized spacial score (nSPS) is 12.0. The standard InChI is InChI=1S/C30H35ClN2O3/c1-30(2,3)32-29(35)27(21-23-12-6-4-7-13-23)33(22-24-14-10-15-25(31)20-24)28(34)18-11-19-36-26-16-8-5-9-17-26/h4-10,12-17,20,27H,11,18-19,21-22H2,1-3H3,(H,32,35)/t27-/m1/s1. The summed E-state index contributed by atoms with van der Waals surface area (Å²) in [7, 11) is 0. The summed E-state index contributed by atoms with van der Waals surface area (Å²) < 4.78 is 5.77. The largest absolute Gasteiger partial charge is 0.494 e. The molecule has 3 aromatic rings. The fourth-order valence-electron chi connectivity index (χ4n) is 3.91.